The van der Waals surface area contributed by atoms with Crippen molar-refractivity contribution in [2.75, 3.05) is 32.6 Å². The second kappa shape index (κ2) is 9.38. The van der Waals surface area contributed by atoms with Crippen LogP contribution in [0.3, 0.4) is 0 Å². The number of nitrogens with zero attached hydrogens (tertiary/aromatic N) is 2. The molecule has 1 aliphatic rings. The maximum atomic E-state index is 13.9. The highest BCUT2D eigenvalue weighted by atomic mass is 19.4. The van der Waals surface area contributed by atoms with Crippen molar-refractivity contribution in [2.45, 2.75) is 25.4 Å². The van der Waals surface area contributed by atoms with Crippen LogP contribution in [0, 0.1) is 0 Å². The zero-order chi connectivity index (χ0) is 24.5. The Labute approximate surface area is 194 Å². The van der Waals surface area contributed by atoms with Gasteiger partial charge in [0, 0.05) is 36.0 Å². The van der Waals surface area contributed by atoms with Crippen LogP contribution >= 0.6 is 0 Å². The second-order valence-electron chi connectivity index (χ2n) is 7.92. The first-order valence-electron chi connectivity index (χ1n) is 10.8. The number of nitrogens with one attached hydrogen (secondary N) is 1. The Hall–Kier alpha value is -3.53. The molecule has 3 aromatic rings. The molecule has 34 heavy (non-hydrogen) atoms. The first-order chi connectivity index (χ1) is 16.3. The zero-order valence-corrected chi connectivity index (χ0v) is 18.8. The maximum Gasteiger partial charge on any atom is 0.418 e. The van der Waals surface area contributed by atoms with Crippen LogP contribution in [0.25, 0.3) is 16.9 Å². The Morgan fingerprint density at radius 2 is 1.74 bits per heavy atom. The topological polar surface area (TPSA) is 91.4 Å². The lowest BCUT2D eigenvalue weighted by atomic mass is 10.0. The van der Waals surface area contributed by atoms with Gasteiger partial charge in [0.1, 0.15) is 11.5 Å². The minimum Gasteiger partial charge on any atom is -0.497 e. The van der Waals surface area contributed by atoms with Crippen molar-refractivity contribution in [2.24, 2.45) is 5.73 Å². The number of rotatable bonds is 7. The number of halogens is 3. The molecule has 3 N–H and O–H groups in total. The van der Waals surface area contributed by atoms with Gasteiger partial charge in [-0.2, -0.15) is 23.0 Å². The van der Waals surface area contributed by atoms with Crippen LogP contribution in [0.5, 0.6) is 11.5 Å². The van der Waals surface area contributed by atoms with Crippen molar-refractivity contribution in [1.29, 1.82) is 0 Å². The van der Waals surface area contributed by atoms with Crippen molar-refractivity contribution in [1.82, 2.24) is 9.78 Å². The molecule has 1 heterocycles. The van der Waals surface area contributed by atoms with Crippen LogP contribution in [0.1, 0.15) is 23.1 Å². The van der Waals surface area contributed by atoms with Gasteiger partial charge in [-0.05, 0) is 55.2 Å². The minimum atomic E-state index is -4.68. The summed E-state index contributed by atoms with van der Waals surface area (Å²) < 4.78 is 53.3. The summed E-state index contributed by atoms with van der Waals surface area (Å²) in [5.41, 5.74) is 6.31. The summed E-state index contributed by atoms with van der Waals surface area (Å²) in [4.78, 5) is 13.3. The summed E-state index contributed by atoms with van der Waals surface area (Å²) >= 11 is 0. The van der Waals surface area contributed by atoms with E-state index < -0.39 is 17.3 Å². The summed E-state index contributed by atoms with van der Waals surface area (Å²) in [6.45, 7) is 0.668. The summed E-state index contributed by atoms with van der Waals surface area (Å²) in [5.74, 6) is 1.01. The molecule has 0 bridgehead atoms. The number of anilines is 1. The number of fused-ring (bicyclic) bond motifs is 1. The van der Waals surface area contributed by atoms with Crippen molar-refractivity contribution in [3.63, 3.8) is 0 Å². The van der Waals surface area contributed by atoms with Crippen LogP contribution in [0.2, 0.25) is 0 Å². The number of benzene rings is 2. The van der Waals surface area contributed by atoms with Crippen LogP contribution in [0.4, 0.5) is 18.9 Å². The molecule has 2 aromatic carbocycles. The molecule has 0 unspecified atom stereocenters. The molecule has 0 spiro atoms. The SMILES string of the molecule is COc1cc(OC)cc(-c2nn(-c3cc(NCCN)ccc3C(F)(F)F)c(=O)c3c2CCC3)c1. The molecule has 0 radical (unpaired) electrons. The molecule has 0 atom stereocenters. The van der Waals surface area contributed by atoms with E-state index in [0.29, 0.717) is 66.4 Å². The number of ether oxygens (including phenoxy) is 2. The van der Waals surface area contributed by atoms with Crippen LogP contribution in [-0.2, 0) is 19.0 Å². The normalized spacial score (nSPS) is 13.0. The molecule has 4 rings (SSSR count). The van der Waals surface area contributed by atoms with E-state index in [1.54, 1.807) is 18.2 Å². The van der Waals surface area contributed by atoms with E-state index in [1.807, 2.05) is 0 Å². The molecule has 0 fully saturated rings. The van der Waals surface area contributed by atoms with Gasteiger partial charge in [0.15, 0.2) is 0 Å². The predicted molar refractivity (Wildman–Crippen MR) is 123 cm³/mol. The number of aromatic nitrogens is 2. The number of methoxy groups -OCH3 is 2. The molecule has 10 heteroatoms. The van der Waals surface area contributed by atoms with Gasteiger partial charge in [-0.15, -0.1) is 0 Å². The largest absolute Gasteiger partial charge is 0.497 e. The number of alkyl halides is 3. The van der Waals surface area contributed by atoms with E-state index in [1.165, 1.54) is 26.4 Å². The molecule has 7 nitrogen and oxygen atoms in total. The van der Waals surface area contributed by atoms with Gasteiger partial charge in [-0.1, -0.05) is 0 Å². The molecule has 1 aliphatic carbocycles. The molecule has 0 amide bonds. The van der Waals surface area contributed by atoms with Gasteiger partial charge in [-0.3, -0.25) is 4.79 Å². The Bertz CT molecular complexity index is 1250. The average molecular weight is 474 g/mol. The predicted octanol–water partition coefficient (Wildman–Crippen LogP) is 3.79. The summed E-state index contributed by atoms with van der Waals surface area (Å²) in [6, 6.07) is 8.68. The van der Waals surface area contributed by atoms with Crippen molar-refractivity contribution in [3.8, 4) is 28.4 Å². The van der Waals surface area contributed by atoms with Gasteiger partial charge in [0.05, 0.1) is 31.2 Å². The quantitative estimate of drug-likeness (QED) is 0.542. The summed E-state index contributed by atoms with van der Waals surface area (Å²) in [6.07, 6.45) is -2.88. The number of hydrogen-bond donors (Lipinski definition) is 2. The Kier molecular flexibility index (Phi) is 6.52. The van der Waals surface area contributed by atoms with E-state index in [-0.39, 0.29) is 5.69 Å². The first-order valence-corrected chi connectivity index (χ1v) is 10.8. The van der Waals surface area contributed by atoms with E-state index in [0.717, 1.165) is 16.3 Å². The van der Waals surface area contributed by atoms with E-state index in [2.05, 4.69) is 10.4 Å². The van der Waals surface area contributed by atoms with E-state index >= 15 is 0 Å². The van der Waals surface area contributed by atoms with Gasteiger partial charge < -0.3 is 20.5 Å². The lowest BCUT2D eigenvalue weighted by Gasteiger charge is -2.18. The minimum absolute atomic E-state index is 0.301. The number of nitrogens with two attached hydrogens (primary N) is 1. The monoisotopic (exact) mass is 474 g/mol. The third-order valence-corrected chi connectivity index (χ3v) is 5.78. The lowest BCUT2D eigenvalue weighted by Crippen LogP contribution is -2.28. The Morgan fingerprint density at radius 1 is 1.06 bits per heavy atom. The second-order valence-corrected chi connectivity index (χ2v) is 7.92. The fourth-order valence-corrected chi connectivity index (χ4v) is 4.19. The van der Waals surface area contributed by atoms with E-state index in [9.17, 15) is 18.0 Å². The average Bonchev–Trinajstić information content (AvgIpc) is 3.32. The molecule has 0 saturated carbocycles. The fraction of sp³-hybridized carbons (Fsp3) is 0.333. The molecule has 0 aliphatic heterocycles. The molecular formula is C24H25F3N4O3. The van der Waals surface area contributed by atoms with Gasteiger partial charge in [0.25, 0.3) is 5.56 Å². The maximum absolute atomic E-state index is 13.9. The highest BCUT2D eigenvalue weighted by molar-refractivity contribution is 5.69. The first kappa shape index (κ1) is 23.6. The highest BCUT2D eigenvalue weighted by Gasteiger charge is 2.35. The number of hydrogen-bond acceptors (Lipinski definition) is 6. The van der Waals surface area contributed by atoms with Gasteiger partial charge >= 0.3 is 6.18 Å². The Morgan fingerprint density at radius 3 is 2.35 bits per heavy atom. The van der Waals surface area contributed by atoms with Gasteiger partial charge in [0.2, 0.25) is 0 Å². The molecule has 0 saturated heterocycles. The smallest absolute Gasteiger partial charge is 0.418 e. The van der Waals surface area contributed by atoms with Crippen molar-refractivity contribution in [3.05, 3.63) is 63.4 Å². The van der Waals surface area contributed by atoms with Crippen LogP contribution in [0.15, 0.2) is 41.2 Å². The molecular weight excluding hydrogens is 449 g/mol. The lowest BCUT2D eigenvalue weighted by molar-refractivity contribution is -0.137. The van der Waals surface area contributed by atoms with Crippen molar-refractivity contribution < 1.29 is 22.6 Å². The third-order valence-electron chi connectivity index (χ3n) is 5.78. The summed E-state index contributed by atoms with van der Waals surface area (Å²) in [7, 11) is 3.01. The molecule has 1 aromatic heterocycles. The highest BCUT2D eigenvalue weighted by Crippen LogP contribution is 2.37. The molecule has 180 valence electrons. The Balaban J connectivity index is 1.99. The fourth-order valence-electron chi connectivity index (χ4n) is 4.19. The standard InChI is InChI=1S/C24H25F3N4O3/c1-33-16-10-14(11-17(13-16)34-2)22-18-4-3-5-19(18)23(32)31(30-22)21-12-15(29-9-8-28)6-7-20(21)24(25,26)27/h6-7,10-13,29H,3-5,8-9,28H2,1-2H3. The van der Waals surface area contributed by atoms with E-state index in [4.69, 9.17) is 15.2 Å². The van der Waals surface area contributed by atoms with Crippen molar-refractivity contribution >= 4 is 5.69 Å². The van der Waals surface area contributed by atoms with Gasteiger partial charge in [-0.25, -0.2) is 0 Å². The van der Waals surface area contributed by atoms with Crippen LogP contribution in [-0.4, -0.2) is 37.1 Å². The summed E-state index contributed by atoms with van der Waals surface area (Å²) in [5, 5.41) is 7.43. The van der Waals surface area contributed by atoms with Crippen LogP contribution < -0.4 is 26.1 Å². The zero-order valence-electron chi connectivity index (χ0n) is 18.8. The third kappa shape index (κ3) is 4.45.